The van der Waals surface area contributed by atoms with Crippen LogP contribution in [0.2, 0.25) is 0 Å². The number of alkyl halides is 1. The van der Waals surface area contributed by atoms with E-state index in [1.54, 1.807) is 11.3 Å². The van der Waals surface area contributed by atoms with E-state index in [-0.39, 0.29) is 0 Å². The van der Waals surface area contributed by atoms with Gasteiger partial charge < -0.3 is 4.57 Å². The fourth-order valence-electron chi connectivity index (χ4n) is 2.24. The van der Waals surface area contributed by atoms with Gasteiger partial charge in [-0.3, -0.25) is 0 Å². The second kappa shape index (κ2) is 5.50. The molecule has 0 aliphatic carbocycles. The van der Waals surface area contributed by atoms with Gasteiger partial charge in [-0.1, -0.05) is 0 Å². The quantitative estimate of drug-likeness (QED) is 0.694. The summed E-state index contributed by atoms with van der Waals surface area (Å²) in [5.41, 5.74) is 4.07. The van der Waals surface area contributed by atoms with Crippen LogP contribution < -0.4 is 0 Å². The molecule has 3 rings (SSSR count). The molecule has 3 aromatic heterocycles. The van der Waals surface area contributed by atoms with Crippen molar-refractivity contribution in [3.8, 4) is 0 Å². The number of hydrogen-bond acceptors (Lipinski definition) is 4. The molecule has 20 heavy (non-hydrogen) atoms. The lowest BCUT2D eigenvalue weighted by Crippen LogP contribution is -2.06. The fourth-order valence-corrected chi connectivity index (χ4v) is 3.16. The average Bonchev–Trinajstić information content (AvgIpc) is 2.97. The van der Waals surface area contributed by atoms with Gasteiger partial charge in [-0.15, -0.1) is 22.9 Å². The van der Waals surface area contributed by atoms with Gasteiger partial charge in [0, 0.05) is 29.6 Å². The first kappa shape index (κ1) is 13.5. The summed E-state index contributed by atoms with van der Waals surface area (Å²) in [6.07, 6.45) is 2.56. The first-order valence-corrected chi connectivity index (χ1v) is 7.88. The maximum absolute atomic E-state index is 5.90. The SMILES string of the molecule is Cc1csc(Cn2c(CCCl)nc3c(C)ccnc32)n1. The lowest BCUT2D eigenvalue weighted by molar-refractivity contribution is 0.742. The number of rotatable bonds is 4. The third-order valence-electron chi connectivity index (χ3n) is 3.19. The smallest absolute Gasteiger partial charge is 0.160 e. The van der Waals surface area contributed by atoms with Crippen LogP contribution in [0.4, 0.5) is 0 Å². The minimum absolute atomic E-state index is 0.555. The largest absolute Gasteiger partial charge is 0.306 e. The van der Waals surface area contributed by atoms with Crippen molar-refractivity contribution in [1.29, 1.82) is 0 Å². The highest BCUT2D eigenvalue weighted by Crippen LogP contribution is 2.20. The van der Waals surface area contributed by atoms with E-state index in [0.29, 0.717) is 12.4 Å². The number of fused-ring (bicyclic) bond motifs is 1. The van der Waals surface area contributed by atoms with Crippen molar-refractivity contribution in [3.63, 3.8) is 0 Å². The summed E-state index contributed by atoms with van der Waals surface area (Å²) in [5, 5.41) is 3.13. The number of nitrogens with zero attached hydrogens (tertiary/aromatic N) is 4. The Hall–Kier alpha value is -1.46. The summed E-state index contributed by atoms with van der Waals surface area (Å²) in [6.45, 7) is 4.77. The van der Waals surface area contributed by atoms with Crippen LogP contribution in [-0.2, 0) is 13.0 Å². The van der Waals surface area contributed by atoms with E-state index >= 15 is 0 Å². The van der Waals surface area contributed by atoms with E-state index in [1.165, 1.54) is 0 Å². The summed E-state index contributed by atoms with van der Waals surface area (Å²) in [5.74, 6) is 1.53. The van der Waals surface area contributed by atoms with Gasteiger partial charge in [0.25, 0.3) is 0 Å². The predicted molar refractivity (Wildman–Crippen MR) is 82.6 cm³/mol. The maximum atomic E-state index is 5.90. The van der Waals surface area contributed by atoms with Gasteiger partial charge in [0.1, 0.15) is 16.3 Å². The molecule has 104 valence electrons. The lowest BCUT2D eigenvalue weighted by Gasteiger charge is -2.05. The molecule has 0 amide bonds. The minimum Gasteiger partial charge on any atom is -0.306 e. The first-order valence-electron chi connectivity index (χ1n) is 6.46. The molecule has 4 nitrogen and oxygen atoms in total. The monoisotopic (exact) mass is 306 g/mol. The van der Waals surface area contributed by atoms with Crippen LogP contribution in [0.25, 0.3) is 11.2 Å². The number of pyridine rings is 1. The molecule has 0 unspecified atom stereocenters. The second-order valence-corrected chi connectivity index (χ2v) is 6.06. The van der Waals surface area contributed by atoms with E-state index < -0.39 is 0 Å². The highest BCUT2D eigenvalue weighted by Gasteiger charge is 2.14. The highest BCUT2D eigenvalue weighted by molar-refractivity contribution is 7.09. The second-order valence-electron chi connectivity index (χ2n) is 4.74. The van der Waals surface area contributed by atoms with Crippen molar-refractivity contribution in [2.45, 2.75) is 26.8 Å². The van der Waals surface area contributed by atoms with E-state index in [2.05, 4.69) is 26.8 Å². The third-order valence-corrected chi connectivity index (χ3v) is 4.33. The fraction of sp³-hybridized carbons (Fsp3) is 0.357. The van der Waals surface area contributed by atoms with Crippen molar-refractivity contribution in [2.75, 3.05) is 5.88 Å². The molecule has 0 radical (unpaired) electrons. The van der Waals surface area contributed by atoms with E-state index in [1.807, 2.05) is 19.2 Å². The predicted octanol–water partition coefficient (Wildman–Crippen LogP) is 3.33. The molecular formula is C14H15ClN4S. The van der Waals surface area contributed by atoms with Gasteiger partial charge in [-0.05, 0) is 25.5 Å². The Kier molecular flexibility index (Phi) is 3.72. The van der Waals surface area contributed by atoms with Gasteiger partial charge in [0.05, 0.1) is 6.54 Å². The number of hydrogen-bond donors (Lipinski definition) is 0. The van der Waals surface area contributed by atoms with Crippen molar-refractivity contribution in [1.82, 2.24) is 19.5 Å². The van der Waals surface area contributed by atoms with Gasteiger partial charge >= 0.3 is 0 Å². The molecule has 0 saturated carbocycles. The molecule has 0 fully saturated rings. The van der Waals surface area contributed by atoms with Crippen LogP contribution in [0.5, 0.6) is 0 Å². The van der Waals surface area contributed by atoms with Gasteiger partial charge in [0.15, 0.2) is 5.65 Å². The first-order chi connectivity index (χ1) is 9.69. The zero-order valence-electron chi connectivity index (χ0n) is 11.4. The zero-order valence-corrected chi connectivity index (χ0v) is 13.0. The zero-order chi connectivity index (χ0) is 14.1. The van der Waals surface area contributed by atoms with Crippen molar-refractivity contribution in [2.24, 2.45) is 0 Å². The van der Waals surface area contributed by atoms with Crippen LogP contribution in [-0.4, -0.2) is 25.4 Å². The summed E-state index contributed by atoms with van der Waals surface area (Å²) < 4.78 is 2.13. The number of thiazole rings is 1. The van der Waals surface area contributed by atoms with E-state index in [0.717, 1.165) is 39.7 Å². The Bertz CT molecular complexity index is 747. The molecular weight excluding hydrogens is 292 g/mol. The number of imidazole rings is 1. The van der Waals surface area contributed by atoms with Crippen LogP contribution >= 0.6 is 22.9 Å². The number of aryl methyl sites for hydroxylation is 3. The Labute approximate surface area is 126 Å². The van der Waals surface area contributed by atoms with Crippen molar-refractivity contribution >= 4 is 34.1 Å². The lowest BCUT2D eigenvalue weighted by atomic mass is 10.3. The normalized spacial score (nSPS) is 11.3. The average molecular weight is 307 g/mol. The molecule has 3 heterocycles. The molecule has 0 aliphatic rings. The molecule has 0 N–H and O–H groups in total. The summed E-state index contributed by atoms with van der Waals surface area (Å²) in [7, 11) is 0. The topological polar surface area (TPSA) is 43.6 Å². The van der Waals surface area contributed by atoms with E-state index in [4.69, 9.17) is 16.6 Å². The Morgan fingerprint density at radius 2 is 2.15 bits per heavy atom. The molecule has 3 aromatic rings. The molecule has 0 aliphatic heterocycles. The standard InChI is InChI=1S/C14H15ClN4S/c1-9-4-6-16-14-13(9)18-11(3-5-15)19(14)7-12-17-10(2)8-20-12/h4,6,8H,3,5,7H2,1-2H3. The Morgan fingerprint density at radius 3 is 2.85 bits per heavy atom. The van der Waals surface area contributed by atoms with Crippen LogP contribution in [0.15, 0.2) is 17.6 Å². The molecule has 0 aromatic carbocycles. The molecule has 0 spiro atoms. The molecule has 0 saturated heterocycles. The Morgan fingerprint density at radius 1 is 1.30 bits per heavy atom. The third kappa shape index (κ3) is 2.43. The van der Waals surface area contributed by atoms with Gasteiger partial charge in [0.2, 0.25) is 0 Å². The minimum atomic E-state index is 0.555. The van der Waals surface area contributed by atoms with Crippen molar-refractivity contribution < 1.29 is 0 Å². The van der Waals surface area contributed by atoms with Gasteiger partial charge in [-0.2, -0.15) is 0 Å². The van der Waals surface area contributed by atoms with Crippen LogP contribution in [0, 0.1) is 13.8 Å². The van der Waals surface area contributed by atoms with Crippen molar-refractivity contribution in [3.05, 3.63) is 39.7 Å². The molecule has 0 bridgehead atoms. The number of aromatic nitrogens is 4. The highest BCUT2D eigenvalue weighted by atomic mass is 35.5. The van der Waals surface area contributed by atoms with Gasteiger partial charge in [-0.25, -0.2) is 15.0 Å². The van der Waals surface area contributed by atoms with Crippen LogP contribution in [0.3, 0.4) is 0 Å². The number of halogens is 1. The summed E-state index contributed by atoms with van der Waals surface area (Å²) in [6, 6.07) is 1.98. The maximum Gasteiger partial charge on any atom is 0.160 e. The Balaban J connectivity index is 2.11. The molecule has 0 atom stereocenters. The van der Waals surface area contributed by atoms with E-state index in [9.17, 15) is 0 Å². The van der Waals surface area contributed by atoms with Crippen LogP contribution in [0.1, 0.15) is 22.1 Å². The summed E-state index contributed by atoms with van der Waals surface area (Å²) >= 11 is 7.56. The summed E-state index contributed by atoms with van der Waals surface area (Å²) in [4.78, 5) is 13.7. The molecule has 6 heteroatoms.